The van der Waals surface area contributed by atoms with Gasteiger partial charge in [-0.1, -0.05) is 31.6 Å². The smallest absolute Gasteiger partial charge is 0.214 e. The fourth-order valence-electron chi connectivity index (χ4n) is 4.63. The van der Waals surface area contributed by atoms with Crippen LogP contribution in [-0.2, 0) is 56.6 Å². The summed E-state index contributed by atoms with van der Waals surface area (Å²) in [5.41, 5.74) is 4.13. The standard InChI is InChI=1S/C20H21.3C5H5.3Fe/c1-19(2,3)20(16-10-4-5-11-16,17-12-6-7-13-17)18-14-8-9-15-18;3*1-2-4-5-3-1;;;/h4-15H,1-3H3;3*1-5H;;;/q-3;3*-1;3*+2. The molecule has 0 aromatic heterocycles. The zero-order chi connectivity index (χ0) is 24.8. The van der Waals surface area contributed by atoms with Crippen LogP contribution < -0.4 is 0 Å². The molecule has 0 saturated carbocycles. The molecule has 0 spiro atoms. The van der Waals surface area contributed by atoms with Crippen LogP contribution in [0, 0.1) is 5.41 Å². The molecule has 0 nitrogen and oxygen atoms in total. The van der Waals surface area contributed by atoms with Gasteiger partial charge in [-0.3, -0.25) is 0 Å². The average Bonchev–Trinajstić information content (AvgIpc) is 3.74. The SMILES string of the molecule is CC(C)(C)C([c-]1cccc1)([c-]1cccc1)[c-]1cccc1.[Fe+2].[Fe+2].[Fe+2].c1cc[cH-]c1.c1cc[cH-]c1.c1cc[cH-]c1. The molecule has 6 rings (SSSR count). The predicted molar refractivity (Wildman–Crippen MR) is 152 cm³/mol. The molecular weight excluding hydrogens is 588 g/mol. The van der Waals surface area contributed by atoms with E-state index in [0.29, 0.717) is 0 Å². The third-order valence-electron chi connectivity index (χ3n) is 6.08. The van der Waals surface area contributed by atoms with E-state index in [9.17, 15) is 0 Å². The fraction of sp³-hybridized carbons (Fsp3) is 0.143. The van der Waals surface area contributed by atoms with Gasteiger partial charge in [0.2, 0.25) is 0 Å². The number of hydrogen-bond acceptors (Lipinski definition) is 0. The summed E-state index contributed by atoms with van der Waals surface area (Å²) in [4.78, 5) is 0. The molecule has 0 N–H and O–H groups in total. The van der Waals surface area contributed by atoms with E-state index in [1.54, 1.807) is 0 Å². The summed E-state index contributed by atoms with van der Waals surface area (Å²) in [6.45, 7) is 7.00. The zero-order valence-corrected chi connectivity index (χ0v) is 25.5. The molecule has 0 heterocycles. The normalized spacial score (nSPS) is 9.87. The molecule has 0 aliphatic rings. The van der Waals surface area contributed by atoms with Crippen LogP contribution in [0.5, 0.6) is 0 Å². The number of hydrogen-bond donors (Lipinski definition) is 0. The molecule has 0 aliphatic carbocycles. The van der Waals surface area contributed by atoms with Crippen molar-refractivity contribution < 1.29 is 51.2 Å². The Bertz CT molecular complexity index is 982. The van der Waals surface area contributed by atoms with Gasteiger partial charge >= 0.3 is 51.2 Å². The second-order valence-electron chi connectivity index (χ2n) is 9.41. The fourth-order valence-corrected chi connectivity index (χ4v) is 4.63. The molecule has 0 atom stereocenters. The average molecular weight is 624 g/mol. The van der Waals surface area contributed by atoms with Crippen LogP contribution in [-0.4, -0.2) is 0 Å². The first-order valence-electron chi connectivity index (χ1n) is 12.2. The Kier molecular flexibility index (Phi) is 17.7. The third-order valence-corrected chi connectivity index (χ3v) is 6.08. The molecule has 0 fully saturated rings. The molecule has 6 aromatic carbocycles. The molecule has 0 saturated heterocycles. The minimum absolute atomic E-state index is 0. The van der Waals surface area contributed by atoms with Gasteiger partial charge in [-0.15, -0.1) is 0 Å². The minimum atomic E-state index is -0.0938. The van der Waals surface area contributed by atoms with E-state index in [-0.39, 0.29) is 62.0 Å². The van der Waals surface area contributed by atoms with E-state index < -0.39 is 0 Å². The first-order valence-corrected chi connectivity index (χ1v) is 12.2. The Morgan fingerprint density at radius 2 is 0.579 bits per heavy atom. The zero-order valence-electron chi connectivity index (χ0n) is 22.1. The molecule has 0 bridgehead atoms. The minimum Gasteiger partial charge on any atom is -0.214 e. The molecule has 0 amide bonds. The van der Waals surface area contributed by atoms with Gasteiger partial charge in [-0.05, 0) is 0 Å². The Morgan fingerprint density at radius 3 is 0.711 bits per heavy atom. The molecule has 6 aromatic rings. The molecule has 3 heteroatoms. The molecule has 0 aliphatic heterocycles. The van der Waals surface area contributed by atoms with Gasteiger partial charge in [0.05, 0.1) is 0 Å². The Balaban J connectivity index is 0.000000620. The molecule has 0 unspecified atom stereocenters. The summed E-state index contributed by atoms with van der Waals surface area (Å²) in [6.07, 6.45) is 0. The van der Waals surface area contributed by atoms with Crippen LogP contribution in [0.1, 0.15) is 37.5 Å². The van der Waals surface area contributed by atoms with Gasteiger partial charge in [0.1, 0.15) is 0 Å². The van der Waals surface area contributed by atoms with Crippen molar-refractivity contribution in [1.29, 1.82) is 0 Å². The van der Waals surface area contributed by atoms with E-state index in [0.717, 1.165) is 0 Å². The van der Waals surface area contributed by atoms with Crippen LogP contribution in [0.4, 0.5) is 0 Å². The van der Waals surface area contributed by atoms with Crippen LogP contribution in [0.25, 0.3) is 0 Å². The Labute approximate surface area is 261 Å². The van der Waals surface area contributed by atoms with Crippen LogP contribution in [0.3, 0.4) is 0 Å². The van der Waals surface area contributed by atoms with Crippen LogP contribution in [0.15, 0.2) is 164 Å². The Morgan fingerprint density at radius 1 is 0.368 bits per heavy atom. The van der Waals surface area contributed by atoms with E-state index in [2.05, 4.69) is 93.6 Å². The monoisotopic (exact) mass is 624 g/mol. The van der Waals surface area contributed by atoms with Crippen molar-refractivity contribution in [2.24, 2.45) is 5.41 Å². The van der Waals surface area contributed by atoms with Crippen molar-refractivity contribution in [2.75, 3.05) is 0 Å². The summed E-state index contributed by atoms with van der Waals surface area (Å²) >= 11 is 0. The van der Waals surface area contributed by atoms with Crippen molar-refractivity contribution in [3.8, 4) is 0 Å². The van der Waals surface area contributed by atoms with Crippen molar-refractivity contribution in [3.63, 3.8) is 0 Å². The first kappa shape index (κ1) is 35.7. The quantitative estimate of drug-likeness (QED) is 0.136. The Hall–Kier alpha value is -2.34. The maximum Gasteiger partial charge on any atom is 2.00 e. The maximum atomic E-state index is 2.33. The second kappa shape index (κ2) is 18.8. The summed E-state index contributed by atoms with van der Waals surface area (Å²) in [6, 6.07) is 56.4. The predicted octanol–water partition coefficient (Wildman–Crippen LogP) is 9.43. The molecule has 200 valence electrons. The van der Waals surface area contributed by atoms with E-state index in [1.165, 1.54) is 16.7 Å². The maximum absolute atomic E-state index is 2.33. The largest absolute Gasteiger partial charge is 2.00 e. The van der Waals surface area contributed by atoms with Gasteiger partial charge in [-0.25, -0.2) is 72.8 Å². The van der Waals surface area contributed by atoms with Gasteiger partial charge in [-0.2, -0.15) is 108 Å². The van der Waals surface area contributed by atoms with E-state index in [1.807, 2.05) is 91.0 Å². The van der Waals surface area contributed by atoms with Crippen molar-refractivity contribution in [2.45, 2.75) is 26.2 Å². The first-order chi connectivity index (χ1) is 17.1. The van der Waals surface area contributed by atoms with Crippen molar-refractivity contribution >= 4 is 0 Å². The van der Waals surface area contributed by atoms with Crippen LogP contribution in [0.2, 0.25) is 0 Å². The van der Waals surface area contributed by atoms with Gasteiger partial charge in [0.25, 0.3) is 0 Å². The topological polar surface area (TPSA) is 0 Å². The van der Waals surface area contributed by atoms with Crippen molar-refractivity contribution in [1.82, 2.24) is 0 Å². The van der Waals surface area contributed by atoms with Crippen LogP contribution >= 0.6 is 0 Å². The summed E-state index contributed by atoms with van der Waals surface area (Å²) in [5, 5.41) is 0. The summed E-state index contributed by atoms with van der Waals surface area (Å²) < 4.78 is 0. The van der Waals surface area contributed by atoms with Crippen molar-refractivity contribution in [3.05, 3.63) is 180 Å². The molecule has 0 radical (unpaired) electrons. The summed E-state index contributed by atoms with van der Waals surface area (Å²) in [5.74, 6) is 0. The molecular formula is C35H36Fe3. The number of rotatable bonds is 3. The van der Waals surface area contributed by atoms with E-state index >= 15 is 0 Å². The summed E-state index contributed by atoms with van der Waals surface area (Å²) in [7, 11) is 0. The molecule has 38 heavy (non-hydrogen) atoms. The third kappa shape index (κ3) is 9.76. The van der Waals surface area contributed by atoms with Gasteiger partial charge < -0.3 is 0 Å². The second-order valence-corrected chi connectivity index (χ2v) is 9.41. The van der Waals surface area contributed by atoms with Gasteiger partial charge in [0.15, 0.2) is 0 Å². The van der Waals surface area contributed by atoms with E-state index in [4.69, 9.17) is 0 Å². The van der Waals surface area contributed by atoms with Gasteiger partial charge in [0, 0.05) is 0 Å².